The van der Waals surface area contributed by atoms with Crippen LogP contribution in [0.1, 0.15) is 26.7 Å². The summed E-state index contributed by atoms with van der Waals surface area (Å²) in [4.78, 5) is 27.5. The van der Waals surface area contributed by atoms with Crippen LogP contribution in [0.5, 0.6) is 0 Å². The Balaban J connectivity index is 0. The topological polar surface area (TPSA) is 83.8 Å². The maximum absolute atomic E-state index is 10.9. The minimum atomic E-state index is -4.70. The Morgan fingerprint density at radius 1 is 1.50 bits per heavy atom. The number of unbranched alkanes of at least 4 members (excludes halogenated alkanes) is 1. The fourth-order valence-corrected chi connectivity index (χ4v) is 0.984. The number of hydrogen-bond donors (Lipinski definition) is 2. The molecule has 0 aromatic carbocycles. The molecule has 0 heterocycles. The van der Waals surface area contributed by atoms with Crippen LogP contribution in [0.25, 0.3) is 0 Å². The van der Waals surface area contributed by atoms with Crippen LogP contribution in [0.4, 0.5) is 0 Å². The Hall–Kier alpha value is 0.996. The molecule has 0 radical (unpaired) electrons. The van der Waals surface area contributed by atoms with Gasteiger partial charge in [-0.1, -0.05) is 19.4 Å². The van der Waals surface area contributed by atoms with Crippen molar-refractivity contribution in [3.8, 4) is 0 Å². The van der Waals surface area contributed by atoms with Gasteiger partial charge in [0.25, 0.3) is 0 Å². The first-order valence-corrected chi connectivity index (χ1v) is 5.36. The van der Waals surface area contributed by atoms with Crippen LogP contribution >= 0.6 is 7.82 Å². The molecule has 7 heteroatoms. The number of phosphoric acid groups is 1. The van der Waals surface area contributed by atoms with Crippen molar-refractivity contribution >= 4 is 65.2 Å². The number of rotatable bonds is 4. The molecule has 0 aromatic rings. The molecule has 0 amide bonds. The Bertz CT molecular complexity index is 257. The van der Waals surface area contributed by atoms with E-state index in [1.54, 1.807) is 6.08 Å². The van der Waals surface area contributed by atoms with Gasteiger partial charge in [0.05, 0.1) is 0 Å². The zero-order valence-corrected chi connectivity index (χ0v) is 8.45. The first kappa shape index (κ1) is 17.4. The quantitative estimate of drug-likeness (QED) is 0.435. The second-order valence-electron chi connectivity index (χ2n) is 2.55. The molecule has 14 heavy (non-hydrogen) atoms. The third-order valence-electron chi connectivity index (χ3n) is 1.26. The molecule has 0 spiro atoms. The summed E-state index contributed by atoms with van der Waals surface area (Å²) in [5, 5.41) is 0. The van der Waals surface area contributed by atoms with Crippen molar-refractivity contribution in [2.45, 2.75) is 26.7 Å². The number of hydrogen-bond acceptors (Lipinski definition) is 3. The SMILES string of the molecule is CCCC=C(C)C(=O)OP(=O)(O)O.[KH]. The Labute approximate surface area is 126 Å². The minimum absolute atomic E-state index is 0. The van der Waals surface area contributed by atoms with E-state index in [1.165, 1.54) is 6.92 Å². The summed E-state index contributed by atoms with van der Waals surface area (Å²) in [6, 6.07) is 0. The van der Waals surface area contributed by atoms with E-state index >= 15 is 0 Å². The molecule has 0 aliphatic carbocycles. The first-order chi connectivity index (χ1) is 5.87. The third-order valence-corrected chi connectivity index (χ3v) is 1.67. The Morgan fingerprint density at radius 3 is 2.36 bits per heavy atom. The Kier molecular flexibility index (Phi) is 10.2. The summed E-state index contributed by atoms with van der Waals surface area (Å²) in [6.45, 7) is 3.38. The van der Waals surface area contributed by atoms with E-state index < -0.39 is 13.8 Å². The normalized spacial score (nSPS) is 11.9. The molecular formula is C7H14KO5P. The van der Waals surface area contributed by atoms with Crippen molar-refractivity contribution in [2.24, 2.45) is 0 Å². The predicted octanol–water partition coefficient (Wildman–Crippen LogP) is 0.720. The van der Waals surface area contributed by atoms with Crippen LogP contribution in [-0.2, 0) is 13.9 Å². The molecule has 0 aliphatic heterocycles. The van der Waals surface area contributed by atoms with E-state index in [0.717, 1.165) is 6.42 Å². The molecule has 0 saturated carbocycles. The molecule has 0 fully saturated rings. The van der Waals surface area contributed by atoms with E-state index in [2.05, 4.69) is 4.52 Å². The number of carbonyl (C=O) groups excluding carboxylic acids is 1. The van der Waals surface area contributed by atoms with Gasteiger partial charge in [-0.15, -0.1) is 0 Å². The molecule has 78 valence electrons. The van der Waals surface area contributed by atoms with Crippen molar-refractivity contribution in [1.29, 1.82) is 0 Å². The van der Waals surface area contributed by atoms with Crippen LogP contribution in [0.2, 0.25) is 0 Å². The molecule has 0 aliphatic rings. The fourth-order valence-electron chi connectivity index (χ4n) is 0.624. The second kappa shape index (κ2) is 8.18. The van der Waals surface area contributed by atoms with Crippen LogP contribution in [0, 0.1) is 0 Å². The molecule has 5 nitrogen and oxygen atoms in total. The summed E-state index contributed by atoms with van der Waals surface area (Å²) in [5.74, 6) is -0.971. The zero-order valence-electron chi connectivity index (χ0n) is 7.56. The van der Waals surface area contributed by atoms with Crippen LogP contribution < -0.4 is 0 Å². The van der Waals surface area contributed by atoms with Crippen LogP contribution in [-0.4, -0.2) is 67.1 Å². The van der Waals surface area contributed by atoms with Crippen molar-refractivity contribution in [3.63, 3.8) is 0 Å². The van der Waals surface area contributed by atoms with E-state index in [1.807, 2.05) is 6.92 Å². The number of allylic oxidation sites excluding steroid dienone is 1. The average molecular weight is 248 g/mol. The van der Waals surface area contributed by atoms with Gasteiger partial charge in [-0.3, -0.25) is 9.79 Å². The summed E-state index contributed by atoms with van der Waals surface area (Å²) < 4.78 is 14.1. The second-order valence-corrected chi connectivity index (χ2v) is 3.71. The zero-order chi connectivity index (χ0) is 10.5. The van der Waals surface area contributed by atoms with E-state index in [-0.39, 0.29) is 57.0 Å². The van der Waals surface area contributed by atoms with Gasteiger partial charge in [0.2, 0.25) is 0 Å². The average Bonchev–Trinajstić information content (AvgIpc) is 1.96. The third kappa shape index (κ3) is 9.55. The number of carbonyl (C=O) groups is 1. The molecule has 0 rings (SSSR count). The van der Waals surface area contributed by atoms with Gasteiger partial charge < -0.3 is 4.52 Å². The predicted molar refractivity (Wildman–Crippen MR) is 54.0 cm³/mol. The summed E-state index contributed by atoms with van der Waals surface area (Å²) >= 11 is 0. The molecule has 2 N–H and O–H groups in total. The molecular weight excluding hydrogens is 234 g/mol. The first-order valence-electron chi connectivity index (χ1n) is 3.83. The van der Waals surface area contributed by atoms with Gasteiger partial charge in [-0.2, -0.15) is 0 Å². The summed E-state index contributed by atoms with van der Waals surface area (Å²) in [5.41, 5.74) is 0.213. The molecule has 0 atom stereocenters. The van der Waals surface area contributed by atoms with Gasteiger partial charge in [0, 0.05) is 5.57 Å². The monoisotopic (exact) mass is 248 g/mol. The molecule has 0 unspecified atom stereocenters. The Morgan fingerprint density at radius 2 is 2.00 bits per heavy atom. The van der Waals surface area contributed by atoms with Gasteiger partial charge in [0.15, 0.2) is 0 Å². The maximum atomic E-state index is 10.9. The standard InChI is InChI=1S/C7H13O5P.K.H/c1-3-4-5-6(2)7(8)12-13(9,10)11;;/h5H,3-4H2,1-2H3,(H2,9,10,11);;. The van der Waals surface area contributed by atoms with Crippen LogP contribution in [0.15, 0.2) is 11.6 Å². The van der Waals surface area contributed by atoms with Crippen molar-refractivity contribution in [3.05, 3.63) is 11.6 Å². The van der Waals surface area contributed by atoms with Gasteiger partial charge >= 0.3 is 65.2 Å². The van der Waals surface area contributed by atoms with Gasteiger partial charge in [0.1, 0.15) is 0 Å². The summed E-state index contributed by atoms with van der Waals surface area (Å²) in [6.07, 6.45) is 3.13. The van der Waals surface area contributed by atoms with Gasteiger partial charge in [-0.25, -0.2) is 9.36 Å². The van der Waals surface area contributed by atoms with Crippen molar-refractivity contribution in [2.75, 3.05) is 0 Å². The molecule has 0 aromatic heterocycles. The van der Waals surface area contributed by atoms with E-state index in [0.29, 0.717) is 6.42 Å². The molecule has 0 saturated heterocycles. The van der Waals surface area contributed by atoms with Crippen molar-refractivity contribution < 1.29 is 23.7 Å². The van der Waals surface area contributed by atoms with E-state index in [4.69, 9.17) is 9.79 Å². The number of phosphoric ester groups is 1. The van der Waals surface area contributed by atoms with Gasteiger partial charge in [-0.05, 0) is 13.3 Å². The molecule has 0 bridgehead atoms. The van der Waals surface area contributed by atoms with Crippen LogP contribution in [0.3, 0.4) is 0 Å². The van der Waals surface area contributed by atoms with Crippen molar-refractivity contribution in [1.82, 2.24) is 0 Å². The summed E-state index contributed by atoms with van der Waals surface area (Å²) in [7, 11) is -4.70. The van der Waals surface area contributed by atoms with E-state index in [9.17, 15) is 9.36 Å². The fraction of sp³-hybridized carbons (Fsp3) is 0.571.